The maximum absolute atomic E-state index is 11.4. The molecule has 2 nitrogen and oxygen atoms in total. The topological polar surface area (TPSA) is 26.3 Å². The van der Waals surface area contributed by atoms with Crippen molar-refractivity contribution in [1.82, 2.24) is 0 Å². The third-order valence-electron chi connectivity index (χ3n) is 2.81. The molecule has 1 aliphatic rings. The first kappa shape index (κ1) is 10.7. The van der Waals surface area contributed by atoms with Gasteiger partial charge in [0, 0.05) is 4.83 Å². The quantitative estimate of drug-likeness (QED) is 0.578. The first-order valence-corrected chi connectivity index (χ1v) is 5.99. The molecular formula is C12H13BrO2. The predicted octanol–water partition coefficient (Wildman–Crippen LogP) is 3.25. The van der Waals surface area contributed by atoms with Gasteiger partial charge >= 0.3 is 5.97 Å². The molecule has 0 bridgehead atoms. The molecule has 0 fully saturated rings. The molecule has 0 saturated heterocycles. The number of methoxy groups -OCH3 is 1. The molecule has 3 heteroatoms. The zero-order chi connectivity index (χ0) is 10.8. The molecule has 0 radical (unpaired) electrons. The Morgan fingerprint density at radius 1 is 1.53 bits per heavy atom. The van der Waals surface area contributed by atoms with Crippen LogP contribution in [0.3, 0.4) is 0 Å². The van der Waals surface area contributed by atoms with E-state index < -0.39 is 0 Å². The second-order valence-corrected chi connectivity index (χ2v) is 4.87. The van der Waals surface area contributed by atoms with Crippen molar-refractivity contribution >= 4 is 21.9 Å². The molecule has 15 heavy (non-hydrogen) atoms. The molecule has 80 valence electrons. The SMILES string of the molecule is COC(=O)c1ccc2c(c1)C(Br)CCC2. The van der Waals surface area contributed by atoms with Gasteiger partial charge in [-0.1, -0.05) is 22.0 Å². The van der Waals surface area contributed by atoms with Gasteiger partial charge in [0.15, 0.2) is 0 Å². The van der Waals surface area contributed by atoms with Gasteiger partial charge in [0.1, 0.15) is 0 Å². The van der Waals surface area contributed by atoms with E-state index in [0.717, 1.165) is 12.8 Å². The largest absolute Gasteiger partial charge is 0.465 e. The maximum Gasteiger partial charge on any atom is 0.337 e. The van der Waals surface area contributed by atoms with Crippen LogP contribution in [0, 0.1) is 0 Å². The number of hydrogen-bond acceptors (Lipinski definition) is 2. The number of aryl methyl sites for hydroxylation is 1. The Bertz CT molecular complexity index is 387. The average Bonchev–Trinajstić information content (AvgIpc) is 2.28. The van der Waals surface area contributed by atoms with E-state index in [0.29, 0.717) is 10.4 Å². The number of halogens is 1. The summed E-state index contributed by atoms with van der Waals surface area (Å²) in [6.45, 7) is 0. The van der Waals surface area contributed by atoms with Crippen LogP contribution < -0.4 is 0 Å². The van der Waals surface area contributed by atoms with Crippen molar-refractivity contribution in [2.24, 2.45) is 0 Å². The van der Waals surface area contributed by atoms with Gasteiger partial charge in [0.25, 0.3) is 0 Å². The van der Waals surface area contributed by atoms with Crippen LogP contribution in [0.15, 0.2) is 18.2 Å². The number of esters is 1. The molecule has 1 unspecified atom stereocenters. The van der Waals surface area contributed by atoms with Gasteiger partial charge in [-0.05, 0) is 42.5 Å². The average molecular weight is 269 g/mol. The van der Waals surface area contributed by atoms with Crippen molar-refractivity contribution in [3.63, 3.8) is 0 Å². The van der Waals surface area contributed by atoms with Crippen LogP contribution >= 0.6 is 15.9 Å². The van der Waals surface area contributed by atoms with Gasteiger partial charge in [0.05, 0.1) is 12.7 Å². The van der Waals surface area contributed by atoms with E-state index in [-0.39, 0.29) is 5.97 Å². The number of carbonyl (C=O) groups excluding carboxylic acids is 1. The van der Waals surface area contributed by atoms with Gasteiger partial charge in [-0.25, -0.2) is 4.79 Å². The molecule has 0 amide bonds. The monoisotopic (exact) mass is 268 g/mol. The summed E-state index contributed by atoms with van der Waals surface area (Å²) in [5, 5.41) is 0. The van der Waals surface area contributed by atoms with Crippen LogP contribution in [0.5, 0.6) is 0 Å². The molecule has 1 aromatic rings. The van der Waals surface area contributed by atoms with Crippen LogP contribution in [-0.4, -0.2) is 13.1 Å². The summed E-state index contributed by atoms with van der Waals surface area (Å²) in [5.74, 6) is -0.261. The fourth-order valence-electron chi connectivity index (χ4n) is 1.99. The molecular weight excluding hydrogens is 256 g/mol. The Morgan fingerprint density at radius 3 is 3.07 bits per heavy atom. The molecule has 0 saturated carbocycles. The lowest BCUT2D eigenvalue weighted by Gasteiger charge is -2.21. The Hall–Kier alpha value is -0.830. The molecule has 0 aliphatic heterocycles. The van der Waals surface area contributed by atoms with E-state index in [4.69, 9.17) is 4.74 Å². The predicted molar refractivity (Wildman–Crippen MR) is 62.4 cm³/mol. The molecule has 1 atom stereocenters. The molecule has 0 N–H and O–H groups in total. The number of alkyl halides is 1. The summed E-state index contributed by atoms with van der Waals surface area (Å²) in [6, 6.07) is 5.82. The Labute approximate surface area is 97.8 Å². The van der Waals surface area contributed by atoms with E-state index in [1.54, 1.807) is 0 Å². The lowest BCUT2D eigenvalue weighted by atomic mass is 9.90. The minimum Gasteiger partial charge on any atom is -0.465 e. The van der Waals surface area contributed by atoms with Crippen LogP contribution in [0.25, 0.3) is 0 Å². The molecule has 0 heterocycles. The summed E-state index contributed by atoms with van der Waals surface area (Å²) < 4.78 is 4.71. The second kappa shape index (κ2) is 4.35. The van der Waals surface area contributed by atoms with E-state index in [1.807, 2.05) is 18.2 Å². The zero-order valence-electron chi connectivity index (χ0n) is 8.63. The lowest BCUT2D eigenvalue weighted by molar-refractivity contribution is 0.0600. The standard InChI is InChI=1S/C12H13BrO2/c1-15-12(14)9-6-5-8-3-2-4-11(13)10(8)7-9/h5-7,11H,2-4H2,1H3. The Kier molecular flexibility index (Phi) is 3.10. The molecule has 2 rings (SSSR count). The first-order chi connectivity index (χ1) is 7.22. The van der Waals surface area contributed by atoms with Crippen LogP contribution in [0.1, 0.15) is 39.2 Å². The number of benzene rings is 1. The van der Waals surface area contributed by atoms with Gasteiger partial charge in [-0.3, -0.25) is 0 Å². The Morgan fingerprint density at radius 2 is 2.33 bits per heavy atom. The lowest BCUT2D eigenvalue weighted by Crippen LogP contribution is -2.08. The van der Waals surface area contributed by atoms with E-state index in [9.17, 15) is 4.79 Å². The highest BCUT2D eigenvalue weighted by atomic mass is 79.9. The summed E-state index contributed by atoms with van der Waals surface area (Å²) in [6.07, 6.45) is 3.46. The number of fused-ring (bicyclic) bond motifs is 1. The third-order valence-corrected chi connectivity index (χ3v) is 3.76. The summed E-state index contributed by atoms with van der Waals surface area (Å²) in [5.41, 5.74) is 3.22. The minimum atomic E-state index is -0.261. The fraction of sp³-hybridized carbons (Fsp3) is 0.417. The number of ether oxygens (including phenoxy) is 1. The van der Waals surface area contributed by atoms with E-state index in [1.165, 1.54) is 24.7 Å². The first-order valence-electron chi connectivity index (χ1n) is 5.07. The number of rotatable bonds is 1. The highest BCUT2D eigenvalue weighted by molar-refractivity contribution is 9.09. The maximum atomic E-state index is 11.4. The van der Waals surface area contributed by atoms with Crippen molar-refractivity contribution in [3.8, 4) is 0 Å². The highest BCUT2D eigenvalue weighted by Gasteiger charge is 2.19. The third kappa shape index (κ3) is 2.07. The molecule has 1 aliphatic carbocycles. The number of hydrogen-bond donors (Lipinski definition) is 0. The van der Waals surface area contributed by atoms with Crippen molar-refractivity contribution in [1.29, 1.82) is 0 Å². The van der Waals surface area contributed by atoms with Crippen LogP contribution in [-0.2, 0) is 11.2 Å². The summed E-state index contributed by atoms with van der Waals surface area (Å²) >= 11 is 3.64. The normalized spacial score (nSPS) is 19.5. The van der Waals surface area contributed by atoms with Gasteiger partial charge < -0.3 is 4.74 Å². The smallest absolute Gasteiger partial charge is 0.337 e. The minimum absolute atomic E-state index is 0.261. The molecule has 0 aromatic heterocycles. The van der Waals surface area contributed by atoms with Crippen molar-refractivity contribution < 1.29 is 9.53 Å². The van der Waals surface area contributed by atoms with Gasteiger partial charge in [-0.15, -0.1) is 0 Å². The van der Waals surface area contributed by atoms with Gasteiger partial charge in [0.2, 0.25) is 0 Å². The van der Waals surface area contributed by atoms with Crippen molar-refractivity contribution in [2.75, 3.05) is 7.11 Å². The van der Waals surface area contributed by atoms with Crippen molar-refractivity contribution in [3.05, 3.63) is 34.9 Å². The van der Waals surface area contributed by atoms with Crippen molar-refractivity contribution in [2.45, 2.75) is 24.1 Å². The Balaban J connectivity index is 2.39. The van der Waals surface area contributed by atoms with E-state index >= 15 is 0 Å². The highest BCUT2D eigenvalue weighted by Crippen LogP contribution is 2.36. The summed E-state index contributed by atoms with van der Waals surface area (Å²) in [4.78, 5) is 11.7. The van der Waals surface area contributed by atoms with Gasteiger partial charge in [-0.2, -0.15) is 0 Å². The van der Waals surface area contributed by atoms with Crippen LogP contribution in [0.4, 0.5) is 0 Å². The molecule has 1 aromatic carbocycles. The second-order valence-electron chi connectivity index (χ2n) is 3.76. The molecule has 0 spiro atoms. The number of carbonyl (C=O) groups is 1. The zero-order valence-corrected chi connectivity index (χ0v) is 10.2. The fourth-order valence-corrected chi connectivity index (χ4v) is 2.74. The summed E-state index contributed by atoms with van der Waals surface area (Å²) in [7, 11) is 1.41. The van der Waals surface area contributed by atoms with Crippen LogP contribution in [0.2, 0.25) is 0 Å². The van der Waals surface area contributed by atoms with E-state index in [2.05, 4.69) is 15.9 Å².